The third-order valence-corrected chi connectivity index (χ3v) is 9.80. The summed E-state index contributed by atoms with van der Waals surface area (Å²) < 4.78 is 0. The van der Waals surface area contributed by atoms with Crippen molar-refractivity contribution in [2.24, 2.45) is 45.9 Å². The maximum Gasteiger partial charge on any atom is 0.0629 e. The molecule has 0 aromatic heterocycles. The van der Waals surface area contributed by atoms with Crippen molar-refractivity contribution in [3.05, 3.63) is 30.3 Å². The standard InChI is InChI=1S/C27H39NO/c1-18(28-20-7-5-4-6-8-20)24-11-12-25-23-10-9-19-17-26(2,29)15-13-21(19)22(23)14-16-27(24,25)3/h4-8,19,21-25,29H,9-17H2,1-3H3/b28-18-/t19-,21+,22-,23-,24-,25+,26-,27-/m1/s1. The van der Waals surface area contributed by atoms with Gasteiger partial charge in [0.15, 0.2) is 0 Å². The molecule has 8 atom stereocenters. The number of para-hydroxylation sites is 1. The van der Waals surface area contributed by atoms with Gasteiger partial charge in [0, 0.05) is 11.6 Å². The Labute approximate surface area is 177 Å². The fourth-order valence-corrected chi connectivity index (χ4v) is 8.55. The highest BCUT2D eigenvalue weighted by Crippen LogP contribution is 2.64. The van der Waals surface area contributed by atoms with E-state index in [1.165, 1.54) is 50.7 Å². The molecule has 2 nitrogen and oxygen atoms in total. The molecular formula is C27H39NO. The zero-order chi connectivity index (χ0) is 20.2. The predicted octanol–water partition coefficient (Wildman–Crippen LogP) is 6.80. The van der Waals surface area contributed by atoms with Crippen molar-refractivity contribution in [3.8, 4) is 0 Å². The second-order valence-electron chi connectivity index (χ2n) is 11.4. The van der Waals surface area contributed by atoms with Gasteiger partial charge >= 0.3 is 0 Å². The molecule has 1 aromatic rings. The number of aliphatic hydroxyl groups is 1. The molecular weight excluding hydrogens is 354 g/mol. The first-order valence-electron chi connectivity index (χ1n) is 12.2. The first kappa shape index (κ1) is 19.8. The summed E-state index contributed by atoms with van der Waals surface area (Å²) in [6.07, 6.45) is 11.6. The Kier molecular flexibility index (Phi) is 4.93. The number of benzene rings is 1. The van der Waals surface area contributed by atoms with E-state index in [-0.39, 0.29) is 0 Å². The largest absolute Gasteiger partial charge is 0.390 e. The maximum absolute atomic E-state index is 10.6. The molecule has 0 unspecified atom stereocenters. The lowest BCUT2D eigenvalue weighted by Crippen LogP contribution is -2.50. The van der Waals surface area contributed by atoms with E-state index in [4.69, 9.17) is 4.99 Å². The highest BCUT2D eigenvalue weighted by Gasteiger charge is 2.57. The summed E-state index contributed by atoms with van der Waals surface area (Å²) in [7, 11) is 0. The van der Waals surface area contributed by atoms with Gasteiger partial charge in [0.05, 0.1) is 11.3 Å². The van der Waals surface area contributed by atoms with Gasteiger partial charge < -0.3 is 5.11 Å². The summed E-state index contributed by atoms with van der Waals surface area (Å²) in [4.78, 5) is 5.05. The van der Waals surface area contributed by atoms with Crippen LogP contribution in [0.2, 0.25) is 0 Å². The molecule has 0 aliphatic heterocycles. The summed E-state index contributed by atoms with van der Waals surface area (Å²) in [6.45, 7) is 6.97. The van der Waals surface area contributed by atoms with Crippen LogP contribution in [-0.2, 0) is 0 Å². The highest BCUT2D eigenvalue weighted by atomic mass is 16.3. The van der Waals surface area contributed by atoms with E-state index in [9.17, 15) is 5.11 Å². The van der Waals surface area contributed by atoms with Crippen molar-refractivity contribution in [3.63, 3.8) is 0 Å². The number of hydrogen-bond acceptors (Lipinski definition) is 2. The van der Waals surface area contributed by atoms with Gasteiger partial charge in [0.2, 0.25) is 0 Å². The molecule has 5 rings (SSSR count). The second-order valence-corrected chi connectivity index (χ2v) is 11.4. The SMILES string of the molecule is C/C(=N/c1ccccc1)[C@H]1CC[C@H]2[C@@H]3CC[C@@H]4C[C@](C)(O)CC[C@@H]4[C@H]3CC[C@]12C. The van der Waals surface area contributed by atoms with E-state index in [0.29, 0.717) is 11.3 Å². The monoisotopic (exact) mass is 393 g/mol. The number of hydrogen-bond donors (Lipinski definition) is 1. The Morgan fingerprint density at radius 1 is 0.897 bits per heavy atom. The Hall–Kier alpha value is -1.15. The van der Waals surface area contributed by atoms with Crippen LogP contribution in [0.15, 0.2) is 35.3 Å². The lowest BCUT2D eigenvalue weighted by atomic mass is 9.49. The quantitative estimate of drug-likeness (QED) is 0.551. The van der Waals surface area contributed by atoms with E-state index in [0.717, 1.165) is 48.1 Å². The van der Waals surface area contributed by atoms with Crippen LogP contribution in [0.25, 0.3) is 0 Å². The second kappa shape index (κ2) is 7.22. The molecule has 158 valence electrons. The smallest absolute Gasteiger partial charge is 0.0629 e. The zero-order valence-corrected chi connectivity index (χ0v) is 18.6. The molecule has 2 heteroatoms. The number of fused-ring (bicyclic) bond motifs is 5. The lowest BCUT2D eigenvalue weighted by molar-refractivity contribution is -0.0965. The van der Waals surface area contributed by atoms with Crippen LogP contribution in [0.4, 0.5) is 5.69 Å². The van der Waals surface area contributed by atoms with E-state index in [1.54, 1.807) is 0 Å². The molecule has 1 aromatic carbocycles. The van der Waals surface area contributed by atoms with Gasteiger partial charge in [-0.2, -0.15) is 0 Å². The van der Waals surface area contributed by atoms with Crippen LogP contribution < -0.4 is 0 Å². The molecule has 4 aliphatic rings. The van der Waals surface area contributed by atoms with Crippen molar-refractivity contribution < 1.29 is 5.11 Å². The van der Waals surface area contributed by atoms with Crippen molar-refractivity contribution in [2.75, 3.05) is 0 Å². The Morgan fingerprint density at radius 3 is 2.45 bits per heavy atom. The minimum absolute atomic E-state index is 0.402. The summed E-state index contributed by atoms with van der Waals surface area (Å²) >= 11 is 0. The normalized spacial score (nSPS) is 47.2. The molecule has 1 N–H and O–H groups in total. The van der Waals surface area contributed by atoms with Gasteiger partial charge in [0.25, 0.3) is 0 Å². The van der Waals surface area contributed by atoms with Gasteiger partial charge in [-0.3, -0.25) is 4.99 Å². The average molecular weight is 394 g/mol. The summed E-state index contributed by atoms with van der Waals surface area (Å²) in [5, 5.41) is 10.6. The number of nitrogens with zero attached hydrogens (tertiary/aromatic N) is 1. The molecule has 0 amide bonds. The fourth-order valence-electron chi connectivity index (χ4n) is 8.55. The van der Waals surface area contributed by atoms with Crippen LogP contribution in [0, 0.1) is 40.9 Å². The van der Waals surface area contributed by atoms with Gasteiger partial charge in [-0.05, 0) is 119 Å². The minimum atomic E-state index is -0.402. The third kappa shape index (κ3) is 3.40. The summed E-state index contributed by atoms with van der Waals surface area (Å²) in [6, 6.07) is 10.5. The fraction of sp³-hybridized carbons (Fsp3) is 0.741. The van der Waals surface area contributed by atoms with E-state index >= 15 is 0 Å². The molecule has 29 heavy (non-hydrogen) atoms. The topological polar surface area (TPSA) is 32.6 Å². The van der Waals surface area contributed by atoms with Crippen LogP contribution in [0.3, 0.4) is 0 Å². The maximum atomic E-state index is 10.6. The molecule has 4 aliphatic carbocycles. The third-order valence-electron chi connectivity index (χ3n) is 9.80. The number of aliphatic imine (C=N–C) groups is 1. The van der Waals surface area contributed by atoms with E-state index in [1.807, 2.05) is 0 Å². The van der Waals surface area contributed by atoms with Crippen molar-refractivity contribution in [1.29, 1.82) is 0 Å². The van der Waals surface area contributed by atoms with Gasteiger partial charge in [-0.1, -0.05) is 25.1 Å². The summed E-state index contributed by atoms with van der Waals surface area (Å²) in [5.74, 6) is 5.05. The number of rotatable bonds is 2. The Morgan fingerprint density at radius 2 is 1.66 bits per heavy atom. The van der Waals surface area contributed by atoms with Crippen LogP contribution >= 0.6 is 0 Å². The summed E-state index contributed by atoms with van der Waals surface area (Å²) in [5.41, 5.74) is 2.51. The van der Waals surface area contributed by atoms with Gasteiger partial charge in [-0.25, -0.2) is 0 Å². The Balaban J connectivity index is 1.35. The van der Waals surface area contributed by atoms with Gasteiger partial charge in [0.1, 0.15) is 0 Å². The minimum Gasteiger partial charge on any atom is -0.390 e. The van der Waals surface area contributed by atoms with Crippen LogP contribution in [0.1, 0.15) is 78.6 Å². The molecule has 0 heterocycles. The van der Waals surface area contributed by atoms with Crippen LogP contribution in [0.5, 0.6) is 0 Å². The molecule has 0 spiro atoms. The lowest BCUT2D eigenvalue weighted by Gasteiger charge is -2.57. The molecule has 4 saturated carbocycles. The van der Waals surface area contributed by atoms with Crippen molar-refractivity contribution in [1.82, 2.24) is 0 Å². The molecule has 0 bridgehead atoms. The Bertz CT molecular complexity index is 768. The predicted molar refractivity (Wildman–Crippen MR) is 120 cm³/mol. The molecule has 4 fully saturated rings. The zero-order valence-electron chi connectivity index (χ0n) is 18.6. The molecule has 0 radical (unpaired) electrons. The van der Waals surface area contributed by atoms with E-state index < -0.39 is 5.60 Å². The van der Waals surface area contributed by atoms with E-state index in [2.05, 4.69) is 51.1 Å². The average Bonchev–Trinajstić information content (AvgIpc) is 3.05. The first-order valence-corrected chi connectivity index (χ1v) is 12.2. The van der Waals surface area contributed by atoms with Crippen molar-refractivity contribution in [2.45, 2.75) is 84.2 Å². The molecule has 0 saturated heterocycles. The first-order chi connectivity index (χ1) is 13.9. The van der Waals surface area contributed by atoms with Crippen molar-refractivity contribution >= 4 is 11.4 Å². The van der Waals surface area contributed by atoms with Crippen LogP contribution in [-0.4, -0.2) is 16.4 Å². The van der Waals surface area contributed by atoms with Gasteiger partial charge in [-0.15, -0.1) is 0 Å². The highest BCUT2D eigenvalue weighted by molar-refractivity contribution is 5.87.